The van der Waals surface area contributed by atoms with Gasteiger partial charge in [-0.1, -0.05) is 12.1 Å². The number of guanidine groups is 1. The fourth-order valence-electron chi connectivity index (χ4n) is 3.54. The van der Waals surface area contributed by atoms with Gasteiger partial charge in [0.1, 0.15) is 29.7 Å². The number of aromatic nitrogens is 3. The number of hydrogen-bond acceptors (Lipinski definition) is 5. The predicted octanol–water partition coefficient (Wildman–Crippen LogP) is 2.98. The third-order valence-corrected chi connectivity index (χ3v) is 6.23. The van der Waals surface area contributed by atoms with Crippen LogP contribution in [0.5, 0.6) is 0 Å². The Bertz CT molecular complexity index is 1030. The smallest absolute Gasteiger partial charge is 0.192 e. The third-order valence-electron chi connectivity index (χ3n) is 5.35. The van der Waals surface area contributed by atoms with Gasteiger partial charge in [-0.05, 0) is 36.9 Å². The average molecular weight is 446 g/mol. The summed E-state index contributed by atoms with van der Waals surface area (Å²) in [5.74, 6) is 1.14. The maximum absolute atomic E-state index is 14.2. The summed E-state index contributed by atoms with van der Waals surface area (Å²) < 4.78 is 30.2. The summed E-state index contributed by atoms with van der Waals surface area (Å²) in [4.78, 5) is 7.60. The molecule has 1 aliphatic rings. The molecule has 0 amide bonds. The minimum absolute atomic E-state index is 0.00910. The molecule has 10 heteroatoms. The first kappa shape index (κ1) is 21.2. The van der Waals surface area contributed by atoms with E-state index in [-0.39, 0.29) is 11.7 Å². The van der Waals surface area contributed by atoms with Gasteiger partial charge < -0.3 is 20.1 Å². The van der Waals surface area contributed by atoms with Gasteiger partial charge in [0.25, 0.3) is 0 Å². The first-order valence-electron chi connectivity index (χ1n) is 10.1. The molecule has 1 aromatic carbocycles. The largest absolute Gasteiger partial charge is 0.365 e. The van der Waals surface area contributed by atoms with E-state index in [0.29, 0.717) is 32.1 Å². The number of hydrogen-bond donors (Lipinski definition) is 2. The zero-order valence-electron chi connectivity index (χ0n) is 17.5. The van der Waals surface area contributed by atoms with Gasteiger partial charge in [-0.15, -0.1) is 21.5 Å². The lowest BCUT2D eigenvalue weighted by Gasteiger charge is -2.21. The molecule has 31 heavy (non-hydrogen) atoms. The maximum atomic E-state index is 14.2. The summed E-state index contributed by atoms with van der Waals surface area (Å²) >= 11 is 1.67. The fraction of sp³-hybridized carbons (Fsp3) is 0.381. The lowest BCUT2D eigenvalue weighted by Crippen LogP contribution is -2.44. The number of aliphatic imine (C=N–C) groups is 1. The number of nitrogens with zero attached hydrogens (tertiary/aromatic N) is 5. The summed E-state index contributed by atoms with van der Waals surface area (Å²) in [5.41, 5.74) is 0.0337. The Morgan fingerprint density at radius 1 is 1.23 bits per heavy atom. The topological polar surface area (TPSA) is 70.4 Å². The molecule has 0 radical (unpaired) electrons. The van der Waals surface area contributed by atoms with Crippen molar-refractivity contribution in [2.75, 3.05) is 18.0 Å². The van der Waals surface area contributed by atoms with Gasteiger partial charge in [0.15, 0.2) is 11.8 Å². The molecule has 7 nitrogen and oxygen atoms in total. The number of rotatable bonds is 6. The van der Waals surface area contributed by atoms with Gasteiger partial charge in [-0.2, -0.15) is 0 Å². The molecule has 0 spiro atoms. The Hall–Kier alpha value is -3.01. The van der Waals surface area contributed by atoms with Crippen molar-refractivity contribution in [3.8, 4) is 0 Å². The molecule has 3 aromatic rings. The molecule has 1 saturated heterocycles. The molecule has 0 aliphatic carbocycles. The van der Waals surface area contributed by atoms with Gasteiger partial charge in [0, 0.05) is 31.1 Å². The van der Waals surface area contributed by atoms with E-state index in [1.54, 1.807) is 16.2 Å². The minimum Gasteiger partial charge on any atom is -0.365 e. The molecule has 1 aliphatic heterocycles. The molecule has 2 aromatic heterocycles. The SMILES string of the molecule is Cc1nnc(CN=C(NCc2cccs2)NC2CCN(c3c(F)cccc3F)C2)n1C. The highest BCUT2D eigenvalue weighted by Gasteiger charge is 2.27. The van der Waals surface area contributed by atoms with Crippen molar-refractivity contribution in [2.45, 2.75) is 32.5 Å². The Kier molecular flexibility index (Phi) is 6.45. The van der Waals surface area contributed by atoms with E-state index in [0.717, 1.165) is 18.1 Å². The Labute approximate surface area is 183 Å². The zero-order chi connectivity index (χ0) is 21.8. The molecule has 4 rings (SSSR count). The third kappa shape index (κ3) is 5.01. The van der Waals surface area contributed by atoms with Crippen LogP contribution in [0, 0.1) is 18.6 Å². The summed E-state index contributed by atoms with van der Waals surface area (Å²) in [6, 6.07) is 8.03. The molecule has 3 heterocycles. The van der Waals surface area contributed by atoms with Crippen molar-refractivity contribution in [3.05, 3.63) is 63.9 Å². The van der Waals surface area contributed by atoms with Crippen LogP contribution in [0.1, 0.15) is 22.9 Å². The van der Waals surface area contributed by atoms with Gasteiger partial charge in [-0.25, -0.2) is 13.8 Å². The first-order valence-corrected chi connectivity index (χ1v) is 11.0. The van der Waals surface area contributed by atoms with Crippen LogP contribution in [0.4, 0.5) is 14.5 Å². The number of benzene rings is 1. The fourth-order valence-corrected chi connectivity index (χ4v) is 4.19. The van der Waals surface area contributed by atoms with Crippen LogP contribution in [0.3, 0.4) is 0 Å². The van der Waals surface area contributed by atoms with E-state index in [1.165, 1.54) is 23.1 Å². The summed E-state index contributed by atoms with van der Waals surface area (Å²) in [6.45, 7) is 3.95. The van der Waals surface area contributed by atoms with E-state index in [1.807, 2.05) is 30.0 Å². The molecule has 164 valence electrons. The summed E-state index contributed by atoms with van der Waals surface area (Å²) in [5, 5.41) is 17.0. The molecule has 1 atom stereocenters. The van der Waals surface area contributed by atoms with Crippen LogP contribution in [-0.2, 0) is 20.1 Å². The lowest BCUT2D eigenvalue weighted by atomic mass is 10.2. The summed E-state index contributed by atoms with van der Waals surface area (Å²) in [7, 11) is 1.91. The molecule has 1 unspecified atom stereocenters. The van der Waals surface area contributed by atoms with Gasteiger partial charge in [0.2, 0.25) is 0 Å². The minimum atomic E-state index is -0.539. The first-order chi connectivity index (χ1) is 15.0. The van der Waals surface area contributed by atoms with Crippen LogP contribution in [0.25, 0.3) is 0 Å². The molecule has 2 N–H and O–H groups in total. The van der Waals surface area contributed by atoms with Gasteiger partial charge in [-0.3, -0.25) is 0 Å². The highest BCUT2D eigenvalue weighted by atomic mass is 32.1. The number of para-hydroxylation sites is 1. The van der Waals surface area contributed by atoms with E-state index < -0.39 is 11.6 Å². The van der Waals surface area contributed by atoms with Crippen molar-refractivity contribution in [1.29, 1.82) is 0 Å². The van der Waals surface area contributed by atoms with Crippen LogP contribution in [0.2, 0.25) is 0 Å². The summed E-state index contributed by atoms with van der Waals surface area (Å²) in [6.07, 6.45) is 0.747. The van der Waals surface area contributed by atoms with E-state index in [2.05, 4.69) is 31.9 Å². The van der Waals surface area contributed by atoms with E-state index in [4.69, 9.17) is 0 Å². The maximum Gasteiger partial charge on any atom is 0.192 e. The van der Waals surface area contributed by atoms with Crippen molar-refractivity contribution >= 4 is 23.0 Å². The van der Waals surface area contributed by atoms with Crippen molar-refractivity contribution < 1.29 is 8.78 Å². The van der Waals surface area contributed by atoms with Gasteiger partial charge >= 0.3 is 0 Å². The van der Waals surface area contributed by atoms with Crippen LogP contribution >= 0.6 is 11.3 Å². The second-order valence-corrected chi connectivity index (χ2v) is 8.50. The molecule has 0 saturated carbocycles. The van der Waals surface area contributed by atoms with E-state index in [9.17, 15) is 8.78 Å². The second kappa shape index (κ2) is 9.42. The Morgan fingerprint density at radius 3 is 2.71 bits per heavy atom. The van der Waals surface area contributed by atoms with Crippen molar-refractivity contribution in [1.82, 2.24) is 25.4 Å². The normalized spacial score (nSPS) is 16.7. The molecular weight excluding hydrogens is 420 g/mol. The highest BCUT2D eigenvalue weighted by Crippen LogP contribution is 2.26. The van der Waals surface area contributed by atoms with Crippen molar-refractivity contribution in [2.24, 2.45) is 12.0 Å². The number of anilines is 1. The van der Waals surface area contributed by atoms with Crippen LogP contribution in [0.15, 0.2) is 40.7 Å². The van der Waals surface area contributed by atoms with Crippen LogP contribution in [-0.4, -0.2) is 39.9 Å². The number of halogens is 2. The predicted molar refractivity (Wildman–Crippen MR) is 118 cm³/mol. The van der Waals surface area contributed by atoms with Crippen LogP contribution < -0.4 is 15.5 Å². The highest BCUT2D eigenvalue weighted by molar-refractivity contribution is 7.09. The zero-order valence-corrected chi connectivity index (χ0v) is 18.3. The molecule has 1 fully saturated rings. The number of aryl methyl sites for hydroxylation is 1. The number of thiophene rings is 1. The molecular formula is C21H25F2N7S. The number of nitrogens with one attached hydrogen (secondary N) is 2. The monoisotopic (exact) mass is 445 g/mol. The van der Waals surface area contributed by atoms with E-state index >= 15 is 0 Å². The van der Waals surface area contributed by atoms with Gasteiger partial charge in [0.05, 0.1) is 6.54 Å². The molecule has 0 bridgehead atoms. The Balaban J connectivity index is 1.45. The average Bonchev–Trinajstić information content (AvgIpc) is 3.49. The quantitative estimate of drug-likeness (QED) is 0.451. The second-order valence-electron chi connectivity index (χ2n) is 7.47. The lowest BCUT2D eigenvalue weighted by molar-refractivity contribution is 0.575. The van der Waals surface area contributed by atoms with Crippen molar-refractivity contribution in [3.63, 3.8) is 0 Å². The Morgan fingerprint density at radius 2 is 2.03 bits per heavy atom. The standard InChI is InChI=1S/C21H25F2N7S/c1-14-27-28-19(29(14)2)12-25-21(24-11-16-5-4-10-31-16)26-15-8-9-30(13-15)20-17(22)6-3-7-18(20)23/h3-7,10,15H,8-9,11-13H2,1-2H3,(H2,24,25,26).